The van der Waals surface area contributed by atoms with Crippen LogP contribution in [0.3, 0.4) is 0 Å². The fourth-order valence-electron chi connectivity index (χ4n) is 8.99. The van der Waals surface area contributed by atoms with Crippen LogP contribution in [0.4, 0.5) is 5.69 Å². The minimum absolute atomic E-state index is 0.0663. The second-order valence-corrected chi connectivity index (χ2v) is 15.4. The second kappa shape index (κ2) is 10.2. The number of fused-ring (bicyclic) bond motifs is 13. The van der Waals surface area contributed by atoms with Gasteiger partial charge in [0.25, 0.3) is 0 Å². The van der Waals surface area contributed by atoms with Crippen LogP contribution < -0.4 is 0 Å². The van der Waals surface area contributed by atoms with E-state index in [1.54, 1.807) is 0 Å². The minimum Gasteiger partial charge on any atom is -0.309 e. The number of aromatic nitrogens is 2. The molecular weight excluding hydrogens is 653 g/mol. The van der Waals surface area contributed by atoms with Gasteiger partial charge in [-0.15, -0.1) is 11.3 Å². The molecule has 0 unspecified atom stereocenters. The summed E-state index contributed by atoms with van der Waals surface area (Å²) in [5.41, 5.74) is 13.2. The Morgan fingerprint density at radius 3 is 1.98 bits per heavy atom. The molecule has 242 valence electrons. The van der Waals surface area contributed by atoms with Gasteiger partial charge in [0, 0.05) is 53.1 Å². The summed E-state index contributed by atoms with van der Waals surface area (Å²) >= 11 is 1.82. The molecule has 11 rings (SSSR count). The van der Waals surface area contributed by atoms with Gasteiger partial charge in [0.2, 0.25) is 0 Å². The molecular formula is C47H28N4S. The quantitative estimate of drug-likeness (QED) is 0.167. The predicted molar refractivity (Wildman–Crippen MR) is 217 cm³/mol. The number of hydrogen-bond donors (Lipinski definition) is 0. The molecule has 4 nitrogen and oxygen atoms in total. The Labute approximate surface area is 303 Å². The summed E-state index contributed by atoms with van der Waals surface area (Å²) in [4.78, 5) is 3.70. The van der Waals surface area contributed by atoms with Crippen molar-refractivity contribution in [3.8, 4) is 28.6 Å². The van der Waals surface area contributed by atoms with Gasteiger partial charge in [-0.2, -0.15) is 5.26 Å². The van der Waals surface area contributed by atoms with Gasteiger partial charge >= 0.3 is 0 Å². The standard InChI is InChI=1S/C47H28N4S/c1-47(2)37-10-6-4-8-31(37)45-38(47)16-19-42-46(45)32-9-5-7-11-39(32)51(42)30-15-21-44-36(25-30)35-24-29(14-20-43(35)52-44)50-40-17-12-27(26-48)22-33(40)34-23-28(49-3)13-18-41(34)50/h4-25H,1-2H3. The number of benzene rings is 7. The molecule has 0 N–H and O–H groups in total. The van der Waals surface area contributed by atoms with Crippen LogP contribution in [0.25, 0.3) is 91.1 Å². The molecule has 0 amide bonds. The van der Waals surface area contributed by atoms with Crippen molar-refractivity contribution in [2.75, 3.05) is 0 Å². The molecule has 0 spiro atoms. The van der Waals surface area contributed by atoms with Crippen molar-refractivity contribution in [2.45, 2.75) is 19.3 Å². The zero-order valence-corrected chi connectivity index (χ0v) is 29.2. The van der Waals surface area contributed by atoms with E-state index < -0.39 is 0 Å². The van der Waals surface area contributed by atoms with Crippen LogP contribution in [-0.4, -0.2) is 9.13 Å². The van der Waals surface area contributed by atoms with E-state index in [0.717, 1.165) is 33.2 Å². The fraction of sp³-hybridized carbons (Fsp3) is 0.0638. The Hall–Kier alpha value is -6.66. The van der Waals surface area contributed by atoms with Gasteiger partial charge in [0.15, 0.2) is 5.69 Å². The zero-order chi connectivity index (χ0) is 34.9. The monoisotopic (exact) mass is 680 g/mol. The SMILES string of the molecule is [C-]#[N+]c1ccc2c(c1)c1cc(C#N)ccc1n2-c1ccc2sc3ccc(-n4c5ccccc5c5c6c(ccc54)C(C)(C)c4ccccc4-6)cc3c2c1. The molecule has 5 heteroatoms. The summed E-state index contributed by atoms with van der Waals surface area (Å²) in [6.45, 7) is 12.3. The predicted octanol–water partition coefficient (Wildman–Crippen LogP) is 13.0. The van der Waals surface area contributed by atoms with Crippen molar-refractivity contribution < 1.29 is 0 Å². The zero-order valence-electron chi connectivity index (χ0n) is 28.4. The summed E-state index contributed by atoms with van der Waals surface area (Å²) in [5.74, 6) is 0. The lowest BCUT2D eigenvalue weighted by atomic mass is 9.82. The van der Waals surface area contributed by atoms with Gasteiger partial charge in [0.05, 0.1) is 40.3 Å². The van der Waals surface area contributed by atoms with E-state index in [1.165, 1.54) is 64.2 Å². The summed E-state index contributed by atoms with van der Waals surface area (Å²) in [7, 11) is 0. The molecule has 0 saturated carbocycles. The smallest absolute Gasteiger partial charge is 0.188 e. The first-order chi connectivity index (χ1) is 25.4. The third-order valence-electron chi connectivity index (χ3n) is 11.3. The number of thiophene rings is 1. The van der Waals surface area contributed by atoms with Crippen molar-refractivity contribution in [1.82, 2.24) is 9.13 Å². The second-order valence-electron chi connectivity index (χ2n) is 14.4. The number of nitrogens with zero attached hydrogens (tertiary/aromatic N) is 4. The maximum absolute atomic E-state index is 9.69. The largest absolute Gasteiger partial charge is 0.309 e. The third-order valence-corrected chi connectivity index (χ3v) is 12.5. The van der Waals surface area contributed by atoms with Crippen molar-refractivity contribution >= 4 is 80.8 Å². The maximum atomic E-state index is 9.69. The number of hydrogen-bond acceptors (Lipinski definition) is 2. The fourth-order valence-corrected chi connectivity index (χ4v) is 10.1. The van der Waals surface area contributed by atoms with Crippen LogP contribution in [0.15, 0.2) is 133 Å². The summed E-state index contributed by atoms with van der Waals surface area (Å²) in [6, 6.07) is 50.0. The topological polar surface area (TPSA) is 38.0 Å². The molecule has 1 aliphatic carbocycles. The van der Waals surface area contributed by atoms with Gasteiger partial charge in [0.1, 0.15) is 0 Å². The van der Waals surface area contributed by atoms with Crippen molar-refractivity contribution in [1.29, 1.82) is 5.26 Å². The van der Waals surface area contributed by atoms with E-state index in [0.29, 0.717) is 11.3 Å². The molecule has 52 heavy (non-hydrogen) atoms. The van der Waals surface area contributed by atoms with Gasteiger partial charge in [-0.3, -0.25) is 0 Å². The highest BCUT2D eigenvalue weighted by Gasteiger charge is 2.37. The normalized spacial score (nSPS) is 13.3. The maximum Gasteiger partial charge on any atom is 0.188 e. The molecule has 7 aromatic carbocycles. The molecule has 3 heterocycles. The Morgan fingerprint density at radius 1 is 0.596 bits per heavy atom. The van der Waals surface area contributed by atoms with E-state index in [2.05, 4.69) is 131 Å². The lowest BCUT2D eigenvalue weighted by molar-refractivity contribution is 0.661. The van der Waals surface area contributed by atoms with E-state index in [1.807, 2.05) is 47.7 Å². The third kappa shape index (κ3) is 3.73. The van der Waals surface area contributed by atoms with Crippen molar-refractivity contribution in [3.05, 3.63) is 162 Å². The van der Waals surface area contributed by atoms with Crippen LogP contribution in [0.5, 0.6) is 0 Å². The van der Waals surface area contributed by atoms with E-state index >= 15 is 0 Å². The van der Waals surface area contributed by atoms with E-state index in [-0.39, 0.29) is 5.41 Å². The Kier molecular flexibility index (Phi) is 5.71. The molecule has 0 bridgehead atoms. The van der Waals surface area contributed by atoms with Crippen LogP contribution in [0.2, 0.25) is 0 Å². The molecule has 1 aliphatic rings. The summed E-state index contributed by atoms with van der Waals surface area (Å²) in [5, 5.41) is 16.7. The van der Waals surface area contributed by atoms with Crippen molar-refractivity contribution in [3.63, 3.8) is 0 Å². The first-order valence-corrected chi connectivity index (χ1v) is 18.3. The number of para-hydroxylation sites is 1. The molecule has 0 aliphatic heterocycles. The lowest BCUT2D eigenvalue weighted by Crippen LogP contribution is -2.14. The van der Waals surface area contributed by atoms with Crippen LogP contribution in [0, 0.1) is 17.9 Å². The Balaban J connectivity index is 1.16. The van der Waals surface area contributed by atoms with Gasteiger partial charge in [-0.05, 0) is 107 Å². The van der Waals surface area contributed by atoms with Crippen molar-refractivity contribution in [2.24, 2.45) is 0 Å². The highest BCUT2D eigenvalue weighted by molar-refractivity contribution is 7.25. The molecule has 0 atom stereocenters. The number of nitriles is 1. The summed E-state index contributed by atoms with van der Waals surface area (Å²) < 4.78 is 7.19. The molecule has 10 aromatic rings. The molecule has 3 aromatic heterocycles. The van der Waals surface area contributed by atoms with Crippen LogP contribution in [-0.2, 0) is 5.41 Å². The van der Waals surface area contributed by atoms with Crippen LogP contribution >= 0.6 is 11.3 Å². The van der Waals surface area contributed by atoms with Gasteiger partial charge in [-0.1, -0.05) is 68.4 Å². The first kappa shape index (κ1) is 29.1. The van der Waals surface area contributed by atoms with Gasteiger partial charge < -0.3 is 9.13 Å². The highest BCUT2D eigenvalue weighted by atomic mass is 32.1. The molecule has 0 saturated heterocycles. The Bertz CT molecular complexity index is 3230. The average molecular weight is 681 g/mol. The van der Waals surface area contributed by atoms with Crippen LogP contribution in [0.1, 0.15) is 30.5 Å². The average Bonchev–Trinajstić information content (AvgIpc) is 3.89. The first-order valence-electron chi connectivity index (χ1n) is 17.4. The highest BCUT2D eigenvalue weighted by Crippen LogP contribution is 2.53. The van der Waals surface area contributed by atoms with E-state index in [9.17, 15) is 5.26 Å². The molecule has 0 fully saturated rings. The number of rotatable bonds is 2. The van der Waals surface area contributed by atoms with Gasteiger partial charge in [-0.25, -0.2) is 4.85 Å². The Morgan fingerprint density at radius 2 is 1.23 bits per heavy atom. The molecule has 0 radical (unpaired) electrons. The van der Waals surface area contributed by atoms with E-state index in [4.69, 9.17) is 6.57 Å². The minimum atomic E-state index is -0.0663. The summed E-state index contributed by atoms with van der Waals surface area (Å²) in [6.07, 6.45) is 0. The lowest BCUT2D eigenvalue weighted by Gasteiger charge is -2.21.